The summed E-state index contributed by atoms with van der Waals surface area (Å²) in [5.74, 6) is 0.588. The highest BCUT2D eigenvalue weighted by atomic mass is 32.1. The molecular weight excluding hydrogens is 256 g/mol. The van der Waals surface area contributed by atoms with Crippen LogP contribution in [0.3, 0.4) is 0 Å². The summed E-state index contributed by atoms with van der Waals surface area (Å²) in [5.41, 5.74) is 8.07. The van der Waals surface area contributed by atoms with Crippen molar-refractivity contribution in [2.75, 3.05) is 11.1 Å². The second-order valence-electron chi connectivity index (χ2n) is 4.55. The van der Waals surface area contributed by atoms with Crippen molar-refractivity contribution in [3.63, 3.8) is 0 Å². The second-order valence-corrected chi connectivity index (χ2v) is 5.32. The first-order valence-corrected chi connectivity index (χ1v) is 7.45. The molecule has 0 fully saturated rings. The predicted octanol–water partition coefficient (Wildman–Crippen LogP) is 3.78. The van der Waals surface area contributed by atoms with Gasteiger partial charge in [0.2, 0.25) is 0 Å². The van der Waals surface area contributed by atoms with Crippen LogP contribution in [0.15, 0.2) is 24.5 Å². The van der Waals surface area contributed by atoms with E-state index in [9.17, 15) is 0 Å². The molecule has 4 nitrogen and oxygen atoms in total. The number of pyridine rings is 1. The van der Waals surface area contributed by atoms with Gasteiger partial charge < -0.3 is 11.1 Å². The van der Waals surface area contributed by atoms with Crippen LogP contribution in [0.5, 0.6) is 0 Å². The first kappa shape index (κ1) is 13.8. The lowest BCUT2D eigenvalue weighted by atomic mass is 10.1. The summed E-state index contributed by atoms with van der Waals surface area (Å²) in [5, 5.41) is 4.63. The molecule has 0 saturated carbocycles. The van der Waals surface area contributed by atoms with E-state index in [2.05, 4.69) is 28.5 Å². The van der Waals surface area contributed by atoms with Crippen LogP contribution in [-0.2, 0) is 0 Å². The van der Waals surface area contributed by atoms with Crippen LogP contribution >= 0.6 is 11.5 Å². The number of rotatable bonds is 6. The highest BCUT2D eigenvalue weighted by molar-refractivity contribution is 7.11. The Kier molecular flexibility index (Phi) is 4.74. The molecular formula is C14H20N4S. The van der Waals surface area contributed by atoms with Gasteiger partial charge >= 0.3 is 0 Å². The van der Waals surface area contributed by atoms with Crippen LogP contribution in [0.4, 0.5) is 10.8 Å². The molecule has 2 aromatic rings. The fourth-order valence-corrected chi connectivity index (χ4v) is 2.92. The van der Waals surface area contributed by atoms with Crippen LogP contribution in [0.2, 0.25) is 0 Å². The van der Waals surface area contributed by atoms with E-state index in [1.165, 1.54) is 18.0 Å². The van der Waals surface area contributed by atoms with Crippen LogP contribution in [0.1, 0.15) is 33.1 Å². The summed E-state index contributed by atoms with van der Waals surface area (Å²) in [6, 6.07) is 4.41. The minimum atomic E-state index is 0.477. The fraction of sp³-hybridized carbons (Fsp3) is 0.429. The number of anilines is 2. The number of nitrogens with one attached hydrogen (secondary N) is 1. The zero-order valence-corrected chi connectivity index (χ0v) is 12.2. The maximum Gasteiger partial charge on any atom is 0.147 e. The predicted molar refractivity (Wildman–Crippen MR) is 82.4 cm³/mol. The summed E-state index contributed by atoms with van der Waals surface area (Å²) in [7, 11) is 0. The van der Waals surface area contributed by atoms with Crippen molar-refractivity contribution < 1.29 is 0 Å². The number of aromatic nitrogens is 2. The van der Waals surface area contributed by atoms with Crippen molar-refractivity contribution in [1.82, 2.24) is 9.36 Å². The molecule has 5 heteroatoms. The lowest BCUT2D eigenvalue weighted by molar-refractivity contribution is 0.624. The number of hydrogen-bond acceptors (Lipinski definition) is 5. The summed E-state index contributed by atoms with van der Waals surface area (Å²) in [4.78, 5) is 4.04. The zero-order valence-electron chi connectivity index (χ0n) is 11.4. The van der Waals surface area contributed by atoms with E-state index < -0.39 is 0 Å². The van der Waals surface area contributed by atoms with E-state index in [-0.39, 0.29) is 0 Å². The average Bonchev–Trinajstić information content (AvgIpc) is 2.80. The highest BCUT2D eigenvalue weighted by Crippen LogP contribution is 2.37. The Bertz CT molecular complexity index is 509. The van der Waals surface area contributed by atoms with Gasteiger partial charge in [0.15, 0.2) is 0 Å². The van der Waals surface area contributed by atoms with Gasteiger partial charge in [0, 0.05) is 18.4 Å². The van der Waals surface area contributed by atoms with Gasteiger partial charge in [-0.1, -0.05) is 20.3 Å². The molecule has 2 rings (SSSR count). The first-order chi connectivity index (χ1) is 9.26. The normalized spacial score (nSPS) is 12.3. The van der Waals surface area contributed by atoms with E-state index in [0.717, 1.165) is 29.0 Å². The molecule has 1 unspecified atom stereocenters. The van der Waals surface area contributed by atoms with Gasteiger partial charge in [-0.25, -0.2) is 0 Å². The van der Waals surface area contributed by atoms with E-state index in [0.29, 0.717) is 11.9 Å². The number of hydrogen-bond donors (Lipinski definition) is 2. The molecule has 0 aliphatic heterocycles. The quantitative estimate of drug-likeness (QED) is 0.842. The van der Waals surface area contributed by atoms with Crippen LogP contribution in [-0.4, -0.2) is 15.4 Å². The van der Waals surface area contributed by atoms with Gasteiger partial charge in [0.25, 0.3) is 0 Å². The molecule has 0 saturated heterocycles. The van der Waals surface area contributed by atoms with E-state index in [1.807, 2.05) is 12.1 Å². The Balaban J connectivity index is 2.28. The molecule has 0 aliphatic carbocycles. The maximum atomic E-state index is 6.00. The summed E-state index contributed by atoms with van der Waals surface area (Å²) >= 11 is 1.43. The average molecular weight is 276 g/mol. The SMILES string of the molecule is CCCC(CC)Nc1snc(N)c1-c1ccncc1. The minimum Gasteiger partial charge on any atom is -0.382 e. The van der Waals surface area contributed by atoms with Crippen LogP contribution in [0, 0.1) is 0 Å². The van der Waals surface area contributed by atoms with Gasteiger partial charge in [-0.15, -0.1) is 0 Å². The van der Waals surface area contributed by atoms with Gasteiger partial charge in [0.05, 0.1) is 5.56 Å². The van der Waals surface area contributed by atoms with Crippen molar-refractivity contribution in [3.05, 3.63) is 24.5 Å². The second kappa shape index (κ2) is 6.52. The molecule has 2 aromatic heterocycles. The largest absolute Gasteiger partial charge is 0.382 e. The zero-order chi connectivity index (χ0) is 13.7. The Morgan fingerprint density at radius 3 is 2.68 bits per heavy atom. The lowest BCUT2D eigenvalue weighted by Gasteiger charge is -2.17. The third kappa shape index (κ3) is 3.23. The van der Waals surface area contributed by atoms with E-state index in [4.69, 9.17) is 5.73 Å². The lowest BCUT2D eigenvalue weighted by Crippen LogP contribution is -2.17. The first-order valence-electron chi connectivity index (χ1n) is 6.68. The van der Waals surface area contributed by atoms with Crippen molar-refractivity contribution in [3.8, 4) is 11.1 Å². The Morgan fingerprint density at radius 1 is 1.32 bits per heavy atom. The Morgan fingerprint density at radius 2 is 2.05 bits per heavy atom. The van der Waals surface area contributed by atoms with Crippen molar-refractivity contribution in [2.45, 2.75) is 39.2 Å². The number of nitrogens with zero attached hydrogens (tertiary/aromatic N) is 2. The smallest absolute Gasteiger partial charge is 0.147 e. The molecule has 102 valence electrons. The Hall–Kier alpha value is -1.62. The van der Waals surface area contributed by atoms with Crippen molar-refractivity contribution in [1.29, 1.82) is 0 Å². The van der Waals surface area contributed by atoms with Crippen LogP contribution < -0.4 is 11.1 Å². The van der Waals surface area contributed by atoms with E-state index in [1.54, 1.807) is 12.4 Å². The van der Waals surface area contributed by atoms with Gasteiger partial charge in [-0.05, 0) is 42.1 Å². The van der Waals surface area contributed by atoms with Crippen molar-refractivity contribution in [2.24, 2.45) is 0 Å². The van der Waals surface area contributed by atoms with Gasteiger partial charge in [0.1, 0.15) is 10.8 Å². The summed E-state index contributed by atoms with van der Waals surface area (Å²) in [6.07, 6.45) is 6.98. The van der Waals surface area contributed by atoms with Gasteiger partial charge in [-0.3, -0.25) is 4.98 Å². The maximum absolute atomic E-state index is 6.00. The third-order valence-electron chi connectivity index (χ3n) is 3.15. The summed E-state index contributed by atoms with van der Waals surface area (Å²) in [6.45, 7) is 4.40. The molecule has 0 aromatic carbocycles. The molecule has 0 amide bonds. The topological polar surface area (TPSA) is 63.8 Å². The summed E-state index contributed by atoms with van der Waals surface area (Å²) < 4.78 is 4.28. The molecule has 0 spiro atoms. The molecule has 2 heterocycles. The molecule has 0 bridgehead atoms. The molecule has 1 atom stereocenters. The Labute approximate surface area is 118 Å². The standard InChI is InChI=1S/C14H20N4S/c1-3-5-11(4-2)17-14-12(13(15)18-19-14)10-6-8-16-9-7-10/h6-9,11,17H,3-5H2,1-2H3,(H2,15,18). The molecule has 3 N–H and O–H groups in total. The van der Waals surface area contributed by atoms with Crippen molar-refractivity contribution >= 4 is 22.4 Å². The minimum absolute atomic E-state index is 0.477. The van der Waals surface area contributed by atoms with Crippen LogP contribution in [0.25, 0.3) is 11.1 Å². The third-order valence-corrected chi connectivity index (χ3v) is 3.95. The number of nitrogen functional groups attached to an aromatic ring is 1. The molecule has 19 heavy (non-hydrogen) atoms. The van der Waals surface area contributed by atoms with Gasteiger partial charge in [-0.2, -0.15) is 4.37 Å². The number of nitrogens with two attached hydrogens (primary N) is 1. The molecule has 0 radical (unpaired) electrons. The van der Waals surface area contributed by atoms with E-state index >= 15 is 0 Å². The monoisotopic (exact) mass is 276 g/mol. The molecule has 0 aliphatic rings. The fourth-order valence-electron chi connectivity index (χ4n) is 2.11. The highest BCUT2D eigenvalue weighted by Gasteiger charge is 2.16.